The van der Waals surface area contributed by atoms with Gasteiger partial charge in [0, 0.05) is 29.1 Å². The zero-order chi connectivity index (χ0) is 25.5. The lowest BCUT2D eigenvalue weighted by Crippen LogP contribution is -2.15. The van der Waals surface area contributed by atoms with E-state index in [4.69, 9.17) is 9.47 Å². The van der Waals surface area contributed by atoms with Crippen LogP contribution in [0, 0.1) is 5.82 Å². The third kappa shape index (κ3) is 6.16. The van der Waals surface area contributed by atoms with Crippen LogP contribution in [0.2, 0.25) is 0 Å². The van der Waals surface area contributed by atoms with Gasteiger partial charge in [-0.1, -0.05) is 0 Å². The lowest BCUT2D eigenvalue weighted by Gasteiger charge is -2.12. The number of carbonyl (C=O) groups excluding carboxylic acids is 3. The summed E-state index contributed by atoms with van der Waals surface area (Å²) in [5.41, 5.74) is 0.350. The minimum absolute atomic E-state index is 0.0992. The third-order valence-electron chi connectivity index (χ3n) is 4.76. The SMILES string of the molecule is COC(=O)Nc1cc(NC(=O)c2ccc(NC(=O)c3cc(OC)cc(OC)c3)cc2O)ccc1F. The van der Waals surface area contributed by atoms with Gasteiger partial charge in [0.2, 0.25) is 0 Å². The average Bonchev–Trinajstić information content (AvgIpc) is 2.85. The predicted octanol–water partition coefficient (Wildman–Crippen LogP) is 4.23. The number of halogens is 1. The van der Waals surface area contributed by atoms with Crippen molar-refractivity contribution in [3.63, 3.8) is 0 Å². The van der Waals surface area contributed by atoms with Crippen molar-refractivity contribution < 1.29 is 38.1 Å². The quantitative estimate of drug-likeness (QED) is 0.395. The number of aromatic hydroxyl groups is 1. The van der Waals surface area contributed by atoms with Crippen LogP contribution in [0.3, 0.4) is 0 Å². The molecule has 0 saturated carbocycles. The molecule has 0 atom stereocenters. The zero-order valence-electron chi connectivity index (χ0n) is 19.0. The van der Waals surface area contributed by atoms with Gasteiger partial charge in [0.05, 0.1) is 32.6 Å². The number of amides is 3. The van der Waals surface area contributed by atoms with E-state index in [0.29, 0.717) is 11.5 Å². The Morgan fingerprint density at radius 3 is 1.97 bits per heavy atom. The summed E-state index contributed by atoms with van der Waals surface area (Å²) in [5, 5.41) is 17.7. The fraction of sp³-hybridized carbons (Fsp3) is 0.125. The molecule has 0 bridgehead atoms. The Balaban J connectivity index is 1.74. The van der Waals surface area contributed by atoms with Crippen LogP contribution in [-0.4, -0.2) is 44.3 Å². The minimum Gasteiger partial charge on any atom is -0.507 e. The maximum atomic E-state index is 13.9. The fourth-order valence-electron chi connectivity index (χ4n) is 3.00. The first-order chi connectivity index (χ1) is 16.7. The van der Waals surface area contributed by atoms with E-state index in [1.165, 1.54) is 56.7 Å². The molecule has 0 unspecified atom stereocenters. The van der Waals surface area contributed by atoms with Gasteiger partial charge in [0.25, 0.3) is 11.8 Å². The summed E-state index contributed by atoms with van der Waals surface area (Å²) in [6, 6.07) is 12.1. The van der Waals surface area contributed by atoms with Crippen LogP contribution in [0.1, 0.15) is 20.7 Å². The summed E-state index contributed by atoms with van der Waals surface area (Å²) in [6.45, 7) is 0. The van der Waals surface area contributed by atoms with Crippen molar-refractivity contribution in [3.8, 4) is 17.2 Å². The van der Waals surface area contributed by atoms with E-state index in [9.17, 15) is 23.9 Å². The first kappa shape index (κ1) is 24.8. The molecule has 0 fully saturated rings. The number of benzene rings is 3. The first-order valence-corrected chi connectivity index (χ1v) is 10.1. The molecular weight excluding hydrogens is 461 g/mol. The van der Waals surface area contributed by atoms with Crippen molar-refractivity contribution in [2.24, 2.45) is 0 Å². The number of ether oxygens (including phenoxy) is 3. The van der Waals surface area contributed by atoms with E-state index in [1.807, 2.05) is 0 Å². The van der Waals surface area contributed by atoms with Gasteiger partial charge in [-0.15, -0.1) is 0 Å². The number of rotatable bonds is 7. The second-order valence-corrected chi connectivity index (χ2v) is 7.05. The Morgan fingerprint density at radius 1 is 0.771 bits per heavy atom. The minimum atomic E-state index is -0.880. The third-order valence-corrected chi connectivity index (χ3v) is 4.76. The number of nitrogens with one attached hydrogen (secondary N) is 3. The number of methoxy groups -OCH3 is 3. The van der Waals surface area contributed by atoms with Crippen LogP contribution in [0.25, 0.3) is 0 Å². The number of hydrogen-bond donors (Lipinski definition) is 4. The van der Waals surface area contributed by atoms with E-state index < -0.39 is 29.5 Å². The Kier molecular flexibility index (Phi) is 7.72. The molecule has 0 spiro atoms. The molecule has 3 aromatic carbocycles. The van der Waals surface area contributed by atoms with Gasteiger partial charge >= 0.3 is 6.09 Å². The first-order valence-electron chi connectivity index (χ1n) is 10.1. The van der Waals surface area contributed by atoms with E-state index in [2.05, 4.69) is 20.7 Å². The molecular formula is C24H22FN3O7. The van der Waals surface area contributed by atoms with E-state index in [1.54, 1.807) is 6.07 Å². The summed E-state index contributed by atoms with van der Waals surface area (Å²) < 4.78 is 28.6. The van der Waals surface area contributed by atoms with Gasteiger partial charge < -0.3 is 30.0 Å². The molecule has 3 aromatic rings. The Morgan fingerprint density at radius 2 is 1.37 bits per heavy atom. The molecule has 0 saturated heterocycles. The number of phenolic OH excluding ortho intramolecular Hbond substituents is 1. The molecule has 4 N–H and O–H groups in total. The van der Waals surface area contributed by atoms with Gasteiger partial charge in [-0.3, -0.25) is 14.9 Å². The van der Waals surface area contributed by atoms with Crippen molar-refractivity contribution in [1.82, 2.24) is 0 Å². The Bertz CT molecular complexity index is 1260. The number of hydrogen-bond acceptors (Lipinski definition) is 7. The molecule has 0 heterocycles. The smallest absolute Gasteiger partial charge is 0.411 e. The van der Waals surface area contributed by atoms with Gasteiger partial charge in [-0.05, 0) is 42.5 Å². The molecule has 3 rings (SSSR count). The molecule has 0 aliphatic rings. The van der Waals surface area contributed by atoms with E-state index in [-0.39, 0.29) is 28.2 Å². The topological polar surface area (TPSA) is 135 Å². The summed E-state index contributed by atoms with van der Waals surface area (Å²) in [6.07, 6.45) is -0.880. The van der Waals surface area contributed by atoms with Crippen LogP contribution in [0.4, 0.5) is 26.2 Å². The second kappa shape index (κ2) is 10.9. The molecule has 10 nitrogen and oxygen atoms in total. The normalized spacial score (nSPS) is 10.2. The lowest BCUT2D eigenvalue weighted by atomic mass is 10.1. The zero-order valence-corrected chi connectivity index (χ0v) is 19.0. The highest BCUT2D eigenvalue weighted by atomic mass is 19.1. The maximum Gasteiger partial charge on any atom is 0.411 e. The van der Waals surface area contributed by atoms with Gasteiger partial charge in [0.15, 0.2) is 0 Å². The number of anilines is 3. The van der Waals surface area contributed by atoms with E-state index in [0.717, 1.165) is 13.2 Å². The predicted molar refractivity (Wildman–Crippen MR) is 126 cm³/mol. The van der Waals surface area contributed by atoms with Crippen molar-refractivity contribution >= 4 is 35.0 Å². The lowest BCUT2D eigenvalue weighted by molar-refractivity contribution is 0.101. The summed E-state index contributed by atoms with van der Waals surface area (Å²) in [5.74, 6) is -1.47. The Hall–Kier alpha value is -4.80. The van der Waals surface area contributed by atoms with Crippen LogP contribution in [-0.2, 0) is 4.74 Å². The molecule has 11 heteroatoms. The Labute approximate surface area is 199 Å². The average molecular weight is 483 g/mol. The monoisotopic (exact) mass is 483 g/mol. The highest BCUT2D eigenvalue weighted by Crippen LogP contribution is 2.27. The van der Waals surface area contributed by atoms with Gasteiger partial charge in [-0.25, -0.2) is 9.18 Å². The van der Waals surface area contributed by atoms with Crippen molar-refractivity contribution in [3.05, 3.63) is 71.5 Å². The standard InChI is InChI=1S/C24H22FN3O7/c1-33-16-8-13(9-17(12-16)34-2)22(30)26-15-4-6-18(21(29)11-15)23(31)27-14-5-7-19(25)20(10-14)28-24(32)35-3/h4-12,29H,1-3H3,(H,26,30)(H,27,31)(H,28,32). The van der Waals surface area contributed by atoms with Crippen LogP contribution in [0.15, 0.2) is 54.6 Å². The maximum absolute atomic E-state index is 13.9. The molecule has 182 valence electrons. The molecule has 3 amide bonds. The number of phenols is 1. The van der Waals surface area contributed by atoms with Gasteiger partial charge in [0.1, 0.15) is 23.1 Å². The highest BCUT2D eigenvalue weighted by molar-refractivity contribution is 6.08. The molecule has 35 heavy (non-hydrogen) atoms. The number of carbonyl (C=O) groups is 3. The largest absolute Gasteiger partial charge is 0.507 e. The van der Waals surface area contributed by atoms with Crippen LogP contribution in [0.5, 0.6) is 17.2 Å². The van der Waals surface area contributed by atoms with Crippen LogP contribution >= 0.6 is 0 Å². The van der Waals surface area contributed by atoms with Crippen LogP contribution < -0.4 is 25.4 Å². The highest BCUT2D eigenvalue weighted by Gasteiger charge is 2.16. The fourth-order valence-corrected chi connectivity index (χ4v) is 3.00. The summed E-state index contributed by atoms with van der Waals surface area (Å²) >= 11 is 0. The van der Waals surface area contributed by atoms with Crippen molar-refractivity contribution in [2.75, 3.05) is 37.3 Å². The van der Waals surface area contributed by atoms with Crippen molar-refractivity contribution in [2.45, 2.75) is 0 Å². The second-order valence-electron chi connectivity index (χ2n) is 7.05. The summed E-state index contributed by atoms with van der Waals surface area (Å²) in [4.78, 5) is 36.6. The van der Waals surface area contributed by atoms with Crippen molar-refractivity contribution in [1.29, 1.82) is 0 Å². The molecule has 0 aliphatic carbocycles. The molecule has 0 radical (unpaired) electrons. The molecule has 0 aromatic heterocycles. The summed E-state index contributed by atoms with van der Waals surface area (Å²) in [7, 11) is 4.04. The van der Waals surface area contributed by atoms with Gasteiger partial charge in [-0.2, -0.15) is 0 Å². The van der Waals surface area contributed by atoms with E-state index >= 15 is 0 Å². The molecule has 0 aliphatic heterocycles.